The van der Waals surface area contributed by atoms with E-state index in [0.717, 1.165) is 70.6 Å². The van der Waals surface area contributed by atoms with Crippen molar-refractivity contribution in [2.24, 2.45) is 0 Å². The Labute approximate surface area is 385 Å². The average Bonchev–Trinajstić information content (AvgIpc) is 3.26. The Kier molecular flexibility index (Phi) is 48.1. The Balaban J connectivity index is 4.50. The smallest absolute Gasteiger partial charge is 0.306 e. The van der Waals surface area contributed by atoms with Crippen LogP contribution >= 0.6 is 0 Å². The van der Waals surface area contributed by atoms with Gasteiger partial charge in [0.2, 0.25) is 5.91 Å². The van der Waals surface area contributed by atoms with Gasteiger partial charge in [-0.25, -0.2) is 0 Å². The second kappa shape index (κ2) is 49.8. The molecule has 0 aromatic carbocycles. The van der Waals surface area contributed by atoms with Crippen molar-refractivity contribution in [3.05, 3.63) is 48.6 Å². The number of amides is 1. The number of esters is 1. The van der Waals surface area contributed by atoms with Gasteiger partial charge in [0.1, 0.15) is 6.10 Å². The van der Waals surface area contributed by atoms with Crippen molar-refractivity contribution in [3.8, 4) is 0 Å². The van der Waals surface area contributed by atoms with E-state index in [1.54, 1.807) is 0 Å². The predicted octanol–water partition coefficient (Wildman–Crippen LogP) is 16.2. The second-order valence-electron chi connectivity index (χ2n) is 18.3. The minimum absolute atomic E-state index is 0.0525. The molecule has 0 spiro atoms. The first-order valence-electron chi connectivity index (χ1n) is 26.9. The molecule has 6 heteroatoms. The van der Waals surface area contributed by atoms with Crippen LogP contribution in [0.5, 0.6) is 0 Å². The van der Waals surface area contributed by atoms with Crippen LogP contribution in [0.3, 0.4) is 0 Å². The van der Waals surface area contributed by atoms with Crippen LogP contribution in [0.4, 0.5) is 0 Å². The van der Waals surface area contributed by atoms with Gasteiger partial charge >= 0.3 is 5.97 Å². The zero-order valence-electron chi connectivity index (χ0n) is 41.3. The first-order chi connectivity index (χ1) is 30.5. The van der Waals surface area contributed by atoms with E-state index in [2.05, 4.69) is 74.7 Å². The van der Waals surface area contributed by atoms with E-state index in [1.165, 1.54) is 154 Å². The molecule has 1 amide bonds. The van der Waals surface area contributed by atoms with Gasteiger partial charge in [-0.15, -0.1) is 0 Å². The Bertz CT molecular complexity index is 1070. The van der Waals surface area contributed by atoms with Crippen LogP contribution in [0.2, 0.25) is 0 Å². The Morgan fingerprint density at radius 1 is 0.484 bits per heavy atom. The summed E-state index contributed by atoms with van der Waals surface area (Å²) >= 11 is 0. The molecule has 0 aromatic heterocycles. The summed E-state index contributed by atoms with van der Waals surface area (Å²) in [5, 5.41) is 23.8. The number of carbonyl (C=O) groups excluding carboxylic acids is 2. The lowest BCUT2D eigenvalue weighted by molar-refractivity contribution is -0.151. The predicted molar refractivity (Wildman–Crippen MR) is 269 cm³/mol. The lowest BCUT2D eigenvalue weighted by Crippen LogP contribution is -2.46. The molecule has 0 heterocycles. The quantitative estimate of drug-likeness (QED) is 0.0245. The Morgan fingerprint density at radius 3 is 1.39 bits per heavy atom. The van der Waals surface area contributed by atoms with Gasteiger partial charge in [0.25, 0.3) is 0 Å². The second-order valence-corrected chi connectivity index (χ2v) is 18.3. The number of ether oxygens (including phenoxy) is 1. The van der Waals surface area contributed by atoms with Gasteiger partial charge in [-0.3, -0.25) is 9.59 Å². The number of carbonyl (C=O) groups is 2. The van der Waals surface area contributed by atoms with E-state index in [-0.39, 0.29) is 24.9 Å². The first-order valence-corrected chi connectivity index (χ1v) is 26.9. The van der Waals surface area contributed by atoms with Crippen molar-refractivity contribution in [1.82, 2.24) is 5.32 Å². The van der Waals surface area contributed by atoms with Gasteiger partial charge in [-0.1, -0.05) is 243 Å². The fourth-order valence-electron chi connectivity index (χ4n) is 8.14. The summed E-state index contributed by atoms with van der Waals surface area (Å²) in [6, 6.07) is -0.712. The van der Waals surface area contributed by atoms with Crippen molar-refractivity contribution in [2.45, 2.75) is 289 Å². The highest BCUT2D eigenvalue weighted by Crippen LogP contribution is 2.18. The number of hydrogen-bond donors (Lipinski definition) is 3. The molecule has 62 heavy (non-hydrogen) atoms. The highest BCUT2D eigenvalue weighted by atomic mass is 16.5. The molecule has 0 saturated carbocycles. The van der Waals surface area contributed by atoms with Crippen LogP contribution in [-0.4, -0.2) is 46.9 Å². The topological polar surface area (TPSA) is 95.9 Å². The zero-order chi connectivity index (χ0) is 45.2. The summed E-state index contributed by atoms with van der Waals surface area (Å²) in [6.45, 7) is 6.35. The maximum absolute atomic E-state index is 13.2. The lowest BCUT2D eigenvalue weighted by Gasteiger charge is -2.24. The third-order valence-corrected chi connectivity index (χ3v) is 12.2. The summed E-state index contributed by atoms with van der Waals surface area (Å²) in [5.41, 5.74) is 0. The summed E-state index contributed by atoms with van der Waals surface area (Å²) in [7, 11) is 0. The van der Waals surface area contributed by atoms with E-state index >= 15 is 0 Å². The number of unbranched alkanes of at least 4 members (excludes halogenated alkanes) is 30. The van der Waals surface area contributed by atoms with Crippen molar-refractivity contribution < 1.29 is 24.5 Å². The third-order valence-electron chi connectivity index (χ3n) is 12.2. The van der Waals surface area contributed by atoms with Gasteiger partial charge in [0, 0.05) is 6.42 Å². The lowest BCUT2D eigenvalue weighted by atomic mass is 10.0. The number of nitrogens with one attached hydrogen (secondary N) is 1. The number of rotatable bonds is 48. The van der Waals surface area contributed by atoms with Crippen molar-refractivity contribution in [3.63, 3.8) is 0 Å². The Hall–Kier alpha value is -2.18. The number of hydrogen-bond acceptors (Lipinski definition) is 5. The molecule has 0 rings (SSSR count). The van der Waals surface area contributed by atoms with Crippen molar-refractivity contribution in [2.75, 3.05) is 6.61 Å². The van der Waals surface area contributed by atoms with E-state index in [0.29, 0.717) is 19.3 Å². The van der Waals surface area contributed by atoms with Crippen LogP contribution in [0.1, 0.15) is 271 Å². The summed E-state index contributed by atoms with van der Waals surface area (Å²) in [4.78, 5) is 26.1. The van der Waals surface area contributed by atoms with Gasteiger partial charge in [-0.05, 0) is 64.2 Å². The minimum atomic E-state index is -0.796. The van der Waals surface area contributed by atoms with Crippen molar-refractivity contribution in [1.29, 1.82) is 0 Å². The summed E-state index contributed by atoms with van der Waals surface area (Å²) in [5.74, 6) is -0.511. The molecule has 362 valence electrons. The molecule has 0 aliphatic heterocycles. The molecular weight excluding hydrogens is 767 g/mol. The average molecular weight is 870 g/mol. The molecule has 0 aliphatic rings. The van der Waals surface area contributed by atoms with Crippen LogP contribution in [0.15, 0.2) is 48.6 Å². The molecule has 6 nitrogen and oxygen atoms in total. The van der Waals surface area contributed by atoms with Crippen LogP contribution in [0.25, 0.3) is 0 Å². The number of allylic oxidation sites excluding steroid dienone is 8. The van der Waals surface area contributed by atoms with E-state index in [1.807, 2.05) is 0 Å². The highest BCUT2D eigenvalue weighted by Gasteiger charge is 2.24. The molecule has 3 N–H and O–H groups in total. The van der Waals surface area contributed by atoms with Gasteiger partial charge in [0.15, 0.2) is 0 Å². The number of aliphatic hydroxyl groups is 2. The van der Waals surface area contributed by atoms with Crippen LogP contribution < -0.4 is 5.32 Å². The van der Waals surface area contributed by atoms with Gasteiger partial charge < -0.3 is 20.3 Å². The SMILES string of the molecule is CC/C=C/C=C/C=C/CCCCCCCCCC(=O)OC(CCC/C=C\CCCCCCCC)CC(=O)NC(CO)C(O)CCCCCCCCCCCCCCCCCCC. The Morgan fingerprint density at radius 2 is 0.903 bits per heavy atom. The number of aliphatic hydroxyl groups excluding tert-OH is 2. The van der Waals surface area contributed by atoms with Gasteiger partial charge in [0.05, 0.1) is 25.2 Å². The maximum atomic E-state index is 13.2. The molecule has 3 atom stereocenters. The largest absolute Gasteiger partial charge is 0.462 e. The summed E-state index contributed by atoms with van der Waals surface area (Å²) < 4.78 is 5.91. The molecule has 0 bridgehead atoms. The first kappa shape index (κ1) is 59.8. The fraction of sp³-hybridized carbons (Fsp3) is 0.821. The molecule has 0 aliphatic carbocycles. The van der Waals surface area contributed by atoms with E-state index < -0.39 is 18.2 Å². The molecule has 0 aromatic rings. The highest BCUT2D eigenvalue weighted by molar-refractivity contribution is 5.77. The molecule has 0 radical (unpaired) electrons. The van der Waals surface area contributed by atoms with Crippen LogP contribution in [0, 0.1) is 0 Å². The van der Waals surface area contributed by atoms with E-state index in [4.69, 9.17) is 4.74 Å². The van der Waals surface area contributed by atoms with Crippen LogP contribution in [-0.2, 0) is 14.3 Å². The standard InChI is InChI=1S/C56H103NO5/c1-4-7-10-13-16-19-22-24-26-27-29-30-33-36-39-42-45-48-54(59)53(51-58)57-55(60)50-52(47-44-41-38-35-32-21-18-15-12-9-6-3)62-56(61)49-46-43-40-37-34-31-28-25-23-20-17-14-11-8-5-2/h8,11,14,17,20,23,35,38,52-54,58-59H,4-7,9-10,12-13,15-16,18-19,21-22,24-34,36-37,39-51H2,1-3H3,(H,57,60)/b11-8+,17-14+,23-20+,38-35-. The fourth-order valence-corrected chi connectivity index (χ4v) is 8.14. The maximum Gasteiger partial charge on any atom is 0.306 e. The van der Waals surface area contributed by atoms with Crippen molar-refractivity contribution >= 4 is 11.9 Å². The monoisotopic (exact) mass is 870 g/mol. The summed E-state index contributed by atoms with van der Waals surface area (Å²) in [6.07, 6.45) is 60.4. The third kappa shape index (κ3) is 44.4. The normalized spacial score (nSPS) is 13.6. The zero-order valence-corrected chi connectivity index (χ0v) is 41.3. The molecule has 0 fully saturated rings. The minimum Gasteiger partial charge on any atom is -0.462 e. The molecular formula is C56H103NO5. The molecule has 3 unspecified atom stereocenters. The van der Waals surface area contributed by atoms with E-state index in [9.17, 15) is 19.8 Å². The van der Waals surface area contributed by atoms with Gasteiger partial charge in [-0.2, -0.15) is 0 Å². The molecule has 0 saturated heterocycles.